The number of imide groups is 2. The van der Waals surface area contributed by atoms with Crippen LogP contribution in [0.1, 0.15) is 5.56 Å². The van der Waals surface area contributed by atoms with Crippen LogP contribution in [0.3, 0.4) is 0 Å². The number of hydrogen-bond donors (Lipinski definition) is 1. The largest absolute Gasteiger partial charge is 0.497 e. The summed E-state index contributed by atoms with van der Waals surface area (Å²) in [5.41, 5.74) is 1.66. The number of nitrogens with zero attached hydrogens (tertiary/aromatic N) is 2. The van der Waals surface area contributed by atoms with Crippen molar-refractivity contribution < 1.29 is 28.6 Å². The van der Waals surface area contributed by atoms with Crippen LogP contribution in [0.2, 0.25) is 0 Å². The number of barbiturate groups is 1. The molecule has 9 nitrogen and oxygen atoms in total. The molecule has 4 amide bonds. The van der Waals surface area contributed by atoms with Crippen molar-refractivity contribution in [2.24, 2.45) is 0 Å². The van der Waals surface area contributed by atoms with Gasteiger partial charge in [0.25, 0.3) is 11.8 Å². The van der Waals surface area contributed by atoms with Crippen molar-refractivity contribution >= 4 is 35.3 Å². The van der Waals surface area contributed by atoms with Gasteiger partial charge in [-0.25, -0.2) is 9.69 Å². The number of hydrogen-bond acceptors (Lipinski definition) is 7. The Bertz CT molecular complexity index is 1070. The fourth-order valence-corrected chi connectivity index (χ4v) is 3.62. The predicted octanol–water partition coefficient (Wildman–Crippen LogP) is 2.21. The van der Waals surface area contributed by atoms with Crippen molar-refractivity contribution in [3.63, 3.8) is 0 Å². The molecule has 2 saturated heterocycles. The molecule has 0 unspecified atom stereocenters. The van der Waals surface area contributed by atoms with Gasteiger partial charge in [-0.3, -0.25) is 14.9 Å². The third-order valence-corrected chi connectivity index (χ3v) is 5.33. The lowest BCUT2D eigenvalue weighted by Crippen LogP contribution is -2.54. The van der Waals surface area contributed by atoms with E-state index < -0.39 is 17.8 Å². The molecular weight excluding hydrogens is 414 g/mol. The van der Waals surface area contributed by atoms with Crippen LogP contribution in [-0.2, 0) is 14.3 Å². The van der Waals surface area contributed by atoms with Gasteiger partial charge in [0.15, 0.2) is 0 Å². The lowest BCUT2D eigenvalue weighted by Gasteiger charge is -2.29. The van der Waals surface area contributed by atoms with Crippen LogP contribution in [0.15, 0.2) is 48.0 Å². The number of amides is 4. The average molecular weight is 437 g/mol. The van der Waals surface area contributed by atoms with Crippen LogP contribution in [0.25, 0.3) is 6.08 Å². The van der Waals surface area contributed by atoms with E-state index in [-0.39, 0.29) is 5.57 Å². The molecule has 2 aromatic rings. The van der Waals surface area contributed by atoms with Gasteiger partial charge < -0.3 is 19.1 Å². The summed E-state index contributed by atoms with van der Waals surface area (Å²) in [6, 6.07) is 11.1. The Hall–Kier alpha value is -3.85. The van der Waals surface area contributed by atoms with Crippen molar-refractivity contribution in [3.8, 4) is 11.5 Å². The van der Waals surface area contributed by atoms with Crippen molar-refractivity contribution in [1.29, 1.82) is 0 Å². The number of methoxy groups -OCH3 is 2. The molecule has 0 bridgehead atoms. The van der Waals surface area contributed by atoms with Crippen LogP contribution >= 0.6 is 0 Å². The zero-order valence-corrected chi connectivity index (χ0v) is 17.8. The van der Waals surface area contributed by atoms with E-state index in [1.165, 1.54) is 20.3 Å². The number of morpholine rings is 1. The normalized spacial score (nSPS) is 18.1. The van der Waals surface area contributed by atoms with E-state index in [4.69, 9.17) is 14.2 Å². The second-order valence-corrected chi connectivity index (χ2v) is 7.18. The molecule has 2 heterocycles. The molecule has 2 aliphatic rings. The van der Waals surface area contributed by atoms with Crippen LogP contribution in [0, 0.1) is 0 Å². The van der Waals surface area contributed by atoms with Gasteiger partial charge >= 0.3 is 6.03 Å². The van der Waals surface area contributed by atoms with Gasteiger partial charge in [0.2, 0.25) is 0 Å². The van der Waals surface area contributed by atoms with Gasteiger partial charge in [0, 0.05) is 30.4 Å². The highest BCUT2D eigenvalue weighted by Crippen LogP contribution is 2.30. The van der Waals surface area contributed by atoms with Crippen molar-refractivity contribution in [2.75, 3.05) is 50.3 Å². The average Bonchev–Trinajstić information content (AvgIpc) is 2.82. The third-order valence-electron chi connectivity index (χ3n) is 5.33. The molecule has 0 spiro atoms. The molecular formula is C23H23N3O6. The summed E-state index contributed by atoms with van der Waals surface area (Å²) in [5, 5.41) is 2.22. The molecule has 2 aromatic carbocycles. The van der Waals surface area contributed by atoms with E-state index in [9.17, 15) is 14.4 Å². The lowest BCUT2D eigenvalue weighted by atomic mass is 10.0. The first kappa shape index (κ1) is 21.4. The molecule has 9 heteroatoms. The van der Waals surface area contributed by atoms with Gasteiger partial charge in [-0.05, 0) is 42.5 Å². The number of benzene rings is 2. The molecule has 166 valence electrons. The third kappa shape index (κ3) is 4.15. The fourth-order valence-electron chi connectivity index (χ4n) is 3.62. The summed E-state index contributed by atoms with van der Waals surface area (Å²) in [4.78, 5) is 41.1. The number of carbonyl (C=O) groups excluding carboxylic acids is 3. The number of urea groups is 1. The van der Waals surface area contributed by atoms with Crippen molar-refractivity contribution in [1.82, 2.24) is 5.32 Å². The van der Waals surface area contributed by atoms with E-state index >= 15 is 0 Å². The Labute approximate surface area is 185 Å². The molecule has 0 aliphatic carbocycles. The van der Waals surface area contributed by atoms with E-state index in [0.717, 1.165) is 23.7 Å². The van der Waals surface area contributed by atoms with Crippen molar-refractivity contribution in [3.05, 3.63) is 53.6 Å². The molecule has 32 heavy (non-hydrogen) atoms. The number of rotatable bonds is 5. The van der Waals surface area contributed by atoms with Gasteiger partial charge in [0.05, 0.1) is 33.1 Å². The molecule has 2 aliphatic heterocycles. The standard InChI is InChI=1S/C23H23N3O6/c1-30-18-7-5-16(6-8-18)26-22(28)19(21(27)24-23(26)29)13-15-3-4-17(14-20(15)31-2)25-9-11-32-12-10-25/h3-8,13-14H,9-12H2,1-2H3,(H,24,27,29)/b19-13+. The quantitative estimate of drug-likeness (QED) is 0.566. The van der Waals surface area contributed by atoms with Crippen LogP contribution in [0.4, 0.5) is 16.2 Å². The lowest BCUT2D eigenvalue weighted by molar-refractivity contribution is -0.122. The van der Waals surface area contributed by atoms with Gasteiger partial charge in [-0.1, -0.05) is 0 Å². The van der Waals surface area contributed by atoms with E-state index in [1.54, 1.807) is 30.3 Å². The molecule has 0 saturated carbocycles. The minimum absolute atomic E-state index is 0.169. The summed E-state index contributed by atoms with van der Waals surface area (Å²) in [6.45, 7) is 2.84. The summed E-state index contributed by atoms with van der Waals surface area (Å²) < 4.78 is 16.0. The second kappa shape index (κ2) is 9.11. The molecule has 1 N–H and O–H groups in total. The van der Waals surface area contributed by atoms with Gasteiger partial charge in [-0.15, -0.1) is 0 Å². The fraction of sp³-hybridized carbons (Fsp3) is 0.261. The maximum absolute atomic E-state index is 13.1. The maximum atomic E-state index is 13.1. The summed E-state index contributed by atoms with van der Waals surface area (Å²) in [6.07, 6.45) is 1.43. The zero-order valence-electron chi connectivity index (χ0n) is 17.8. The molecule has 0 radical (unpaired) electrons. The Kier molecular flexibility index (Phi) is 6.09. The number of nitrogens with one attached hydrogen (secondary N) is 1. The molecule has 4 rings (SSSR count). The molecule has 0 aromatic heterocycles. The Morgan fingerprint density at radius 2 is 1.62 bits per heavy atom. The van der Waals surface area contributed by atoms with E-state index in [2.05, 4.69) is 10.2 Å². The monoisotopic (exact) mass is 437 g/mol. The Balaban J connectivity index is 1.66. The van der Waals surface area contributed by atoms with E-state index in [0.29, 0.717) is 36.0 Å². The summed E-state index contributed by atoms with van der Waals surface area (Å²) in [5.74, 6) is -0.391. The zero-order chi connectivity index (χ0) is 22.7. The first-order chi connectivity index (χ1) is 15.5. The second-order valence-electron chi connectivity index (χ2n) is 7.18. The van der Waals surface area contributed by atoms with Crippen LogP contribution < -0.4 is 24.6 Å². The summed E-state index contributed by atoms with van der Waals surface area (Å²) in [7, 11) is 3.04. The smallest absolute Gasteiger partial charge is 0.335 e. The van der Waals surface area contributed by atoms with Crippen LogP contribution in [-0.4, -0.2) is 58.4 Å². The SMILES string of the molecule is COc1ccc(N2C(=O)NC(=O)/C(=C\c3ccc(N4CCOCC4)cc3OC)C2=O)cc1. The summed E-state index contributed by atoms with van der Waals surface area (Å²) >= 11 is 0. The Morgan fingerprint density at radius 1 is 0.938 bits per heavy atom. The van der Waals surface area contributed by atoms with Gasteiger partial charge in [0.1, 0.15) is 17.1 Å². The predicted molar refractivity (Wildman–Crippen MR) is 118 cm³/mol. The van der Waals surface area contributed by atoms with Gasteiger partial charge in [-0.2, -0.15) is 0 Å². The number of ether oxygens (including phenoxy) is 3. The minimum atomic E-state index is -0.808. The number of anilines is 2. The molecule has 2 fully saturated rings. The first-order valence-corrected chi connectivity index (χ1v) is 10.1. The first-order valence-electron chi connectivity index (χ1n) is 10.1. The highest BCUT2D eigenvalue weighted by molar-refractivity contribution is 6.39. The Morgan fingerprint density at radius 3 is 2.28 bits per heavy atom. The van der Waals surface area contributed by atoms with Crippen LogP contribution in [0.5, 0.6) is 11.5 Å². The maximum Gasteiger partial charge on any atom is 0.335 e. The topological polar surface area (TPSA) is 97.4 Å². The highest BCUT2D eigenvalue weighted by Gasteiger charge is 2.37. The van der Waals surface area contributed by atoms with Crippen molar-refractivity contribution in [2.45, 2.75) is 0 Å². The molecule has 0 atom stereocenters. The highest BCUT2D eigenvalue weighted by atomic mass is 16.5. The minimum Gasteiger partial charge on any atom is -0.497 e. The van der Waals surface area contributed by atoms with E-state index in [1.807, 2.05) is 12.1 Å². The number of carbonyl (C=O) groups is 3.